The van der Waals surface area contributed by atoms with Crippen LogP contribution < -0.4 is 10.1 Å². The second kappa shape index (κ2) is 12.2. The number of rotatable bonds is 10. The number of ether oxygens (including phenoxy) is 1. The Hall–Kier alpha value is -1.36. The molecule has 0 spiro atoms. The van der Waals surface area contributed by atoms with Crippen molar-refractivity contribution in [1.82, 2.24) is 5.32 Å². The number of amides is 1. The van der Waals surface area contributed by atoms with Gasteiger partial charge in [0.25, 0.3) is 0 Å². The zero-order valence-electron chi connectivity index (χ0n) is 13.7. The van der Waals surface area contributed by atoms with Crippen molar-refractivity contribution in [3.05, 3.63) is 23.8 Å². The molecule has 0 saturated heterocycles. The van der Waals surface area contributed by atoms with Crippen LogP contribution in [-0.4, -0.2) is 18.1 Å². The van der Waals surface area contributed by atoms with Crippen molar-refractivity contribution in [3.63, 3.8) is 0 Å². The number of phenols is 1. The third kappa shape index (κ3) is 8.17. The first kappa shape index (κ1) is 20.6. The predicted octanol–water partition coefficient (Wildman–Crippen LogP) is 4.13. The number of carbonyl (C=O) groups excluding carboxylic acids is 1. The molecule has 22 heavy (non-hydrogen) atoms. The summed E-state index contributed by atoms with van der Waals surface area (Å²) in [6.45, 7) is 2.66. The standard InChI is InChI=1S/C17H27NO3.H2S.H2/c1-3-4-5-6-7-8-9-17(20)18-13-14-10-11-15(19)16(12-14)21-2;;/h10-12,19H,3-9,13H2,1-2H3,(H,18,20);1H2;1H. The zero-order chi connectivity index (χ0) is 15.5. The van der Waals surface area contributed by atoms with Crippen molar-refractivity contribution >= 4 is 19.4 Å². The van der Waals surface area contributed by atoms with Gasteiger partial charge in [0.1, 0.15) is 0 Å². The molecule has 0 aliphatic carbocycles. The predicted molar refractivity (Wildman–Crippen MR) is 97.0 cm³/mol. The highest BCUT2D eigenvalue weighted by Gasteiger charge is 2.05. The van der Waals surface area contributed by atoms with Crippen LogP contribution >= 0.6 is 13.5 Å². The van der Waals surface area contributed by atoms with Crippen LogP contribution in [0, 0.1) is 0 Å². The smallest absolute Gasteiger partial charge is 0.220 e. The Bertz CT molecular complexity index is 444. The third-order valence-electron chi connectivity index (χ3n) is 3.49. The first-order valence-electron chi connectivity index (χ1n) is 7.80. The van der Waals surface area contributed by atoms with E-state index in [1.807, 2.05) is 0 Å². The molecule has 1 aromatic carbocycles. The van der Waals surface area contributed by atoms with E-state index in [0.717, 1.165) is 18.4 Å². The molecule has 0 aliphatic rings. The van der Waals surface area contributed by atoms with Gasteiger partial charge >= 0.3 is 0 Å². The minimum atomic E-state index is 0. The van der Waals surface area contributed by atoms with E-state index < -0.39 is 0 Å². The second-order valence-corrected chi connectivity index (χ2v) is 5.30. The Labute approximate surface area is 142 Å². The maximum Gasteiger partial charge on any atom is 0.220 e. The fourth-order valence-corrected chi connectivity index (χ4v) is 2.19. The number of phenolic OH excluding ortho intramolecular Hbond substituents is 1. The zero-order valence-corrected chi connectivity index (χ0v) is 14.7. The van der Waals surface area contributed by atoms with Crippen LogP contribution in [0.15, 0.2) is 18.2 Å². The van der Waals surface area contributed by atoms with Crippen LogP contribution in [-0.2, 0) is 11.3 Å². The van der Waals surface area contributed by atoms with Crippen LogP contribution in [0.5, 0.6) is 11.5 Å². The minimum Gasteiger partial charge on any atom is -0.504 e. The van der Waals surface area contributed by atoms with Crippen molar-refractivity contribution in [1.29, 1.82) is 0 Å². The number of nitrogens with one attached hydrogen (secondary N) is 1. The van der Waals surface area contributed by atoms with Gasteiger partial charge in [-0.1, -0.05) is 45.1 Å². The molecular weight excluding hydrogens is 298 g/mol. The lowest BCUT2D eigenvalue weighted by atomic mass is 10.1. The van der Waals surface area contributed by atoms with Crippen molar-refractivity contribution in [2.24, 2.45) is 0 Å². The average Bonchev–Trinajstić information content (AvgIpc) is 2.50. The first-order chi connectivity index (χ1) is 10.2. The average molecular weight is 330 g/mol. The lowest BCUT2D eigenvalue weighted by Gasteiger charge is -2.08. The van der Waals surface area contributed by atoms with Gasteiger partial charge in [0.05, 0.1) is 7.11 Å². The molecule has 1 rings (SSSR count). The number of unbranched alkanes of at least 4 members (excludes halogenated alkanes) is 5. The highest BCUT2D eigenvalue weighted by molar-refractivity contribution is 7.59. The Morgan fingerprint density at radius 2 is 1.91 bits per heavy atom. The molecule has 1 amide bonds. The highest BCUT2D eigenvalue weighted by atomic mass is 32.1. The van der Waals surface area contributed by atoms with Crippen LogP contribution in [0.2, 0.25) is 0 Å². The highest BCUT2D eigenvalue weighted by Crippen LogP contribution is 2.26. The molecule has 2 N–H and O–H groups in total. The van der Waals surface area contributed by atoms with Gasteiger partial charge in [0.2, 0.25) is 5.91 Å². The fourth-order valence-electron chi connectivity index (χ4n) is 2.19. The fraction of sp³-hybridized carbons (Fsp3) is 0.588. The molecule has 5 heteroatoms. The van der Waals surface area contributed by atoms with E-state index in [-0.39, 0.29) is 26.6 Å². The molecule has 0 heterocycles. The van der Waals surface area contributed by atoms with Gasteiger partial charge < -0.3 is 15.2 Å². The number of hydrogen-bond donors (Lipinski definition) is 2. The summed E-state index contributed by atoms with van der Waals surface area (Å²) < 4.78 is 5.04. The molecule has 1 aromatic rings. The van der Waals surface area contributed by atoms with Crippen molar-refractivity contribution in [2.75, 3.05) is 7.11 Å². The molecule has 0 bridgehead atoms. The molecule has 0 saturated carbocycles. The van der Waals surface area contributed by atoms with Crippen LogP contribution in [0.1, 0.15) is 58.9 Å². The van der Waals surface area contributed by atoms with E-state index >= 15 is 0 Å². The minimum absolute atomic E-state index is 0. The Kier molecular flexibility index (Phi) is 11.5. The summed E-state index contributed by atoms with van der Waals surface area (Å²) in [5.41, 5.74) is 0.918. The van der Waals surface area contributed by atoms with Crippen LogP contribution in [0.25, 0.3) is 0 Å². The molecule has 0 aliphatic heterocycles. The van der Waals surface area contributed by atoms with E-state index in [0.29, 0.717) is 18.7 Å². The number of benzene rings is 1. The maximum absolute atomic E-state index is 11.7. The summed E-state index contributed by atoms with van der Waals surface area (Å²) in [5, 5.41) is 12.4. The summed E-state index contributed by atoms with van der Waals surface area (Å²) in [6.07, 6.45) is 7.68. The van der Waals surface area contributed by atoms with Crippen molar-refractivity contribution < 1.29 is 16.1 Å². The molecule has 0 atom stereocenters. The third-order valence-corrected chi connectivity index (χ3v) is 3.49. The molecular formula is C17H31NO3S. The van der Waals surface area contributed by atoms with Gasteiger partial charge in [-0.2, -0.15) is 13.5 Å². The lowest BCUT2D eigenvalue weighted by Crippen LogP contribution is -2.22. The van der Waals surface area contributed by atoms with Crippen LogP contribution in [0.4, 0.5) is 0 Å². The van der Waals surface area contributed by atoms with Gasteiger partial charge in [0, 0.05) is 14.4 Å². The lowest BCUT2D eigenvalue weighted by molar-refractivity contribution is -0.121. The monoisotopic (exact) mass is 329 g/mol. The number of aromatic hydroxyl groups is 1. The molecule has 0 aromatic heterocycles. The van der Waals surface area contributed by atoms with Crippen molar-refractivity contribution in [3.8, 4) is 11.5 Å². The summed E-state index contributed by atoms with van der Waals surface area (Å²) in [6, 6.07) is 5.09. The first-order valence-corrected chi connectivity index (χ1v) is 7.80. The van der Waals surface area contributed by atoms with E-state index in [9.17, 15) is 9.90 Å². The van der Waals surface area contributed by atoms with Gasteiger partial charge in [0.15, 0.2) is 11.5 Å². The summed E-state index contributed by atoms with van der Waals surface area (Å²) >= 11 is 0. The molecule has 0 unspecified atom stereocenters. The quantitative estimate of drug-likeness (QED) is 0.635. The number of methoxy groups -OCH3 is 1. The van der Waals surface area contributed by atoms with Crippen LogP contribution in [0.3, 0.4) is 0 Å². The molecule has 128 valence electrons. The van der Waals surface area contributed by atoms with Gasteiger partial charge in [-0.3, -0.25) is 4.79 Å². The number of carbonyl (C=O) groups is 1. The molecule has 0 radical (unpaired) electrons. The van der Waals surface area contributed by atoms with E-state index in [4.69, 9.17) is 4.74 Å². The normalized spacial score (nSPS) is 9.91. The summed E-state index contributed by atoms with van der Waals surface area (Å²) in [5.74, 6) is 0.620. The number of hydrogen-bond acceptors (Lipinski definition) is 3. The summed E-state index contributed by atoms with van der Waals surface area (Å²) in [7, 11) is 1.51. The second-order valence-electron chi connectivity index (χ2n) is 5.30. The Balaban J connectivity index is 0. The Morgan fingerprint density at radius 1 is 1.23 bits per heavy atom. The SMILES string of the molecule is CCCCCCCCC(=O)NCc1ccc(O)c(OC)c1.S.[HH]. The van der Waals surface area contributed by atoms with Gasteiger partial charge in [-0.25, -0.2) is 0 Å². The van der Waals surface area contributed by atoms with E-state index in [1.165, 1.54) is 32.8 Å². The van der Waals surface area contributed by atoms with Gasteiger partial charge in [-0.05, 0) is 24.1 Å². The summed E-state index contributed by atoms with van der Waals surface area (Å²) in [4.78, 5) is 11.7. The van der Waals surface area contributed by atoms with E-state index in [1.54, 1.807) is 18.2 Å². The van der Waals surface area contributed by atoms with E-state index in [2.05, 4.69) is 12.2 Å². The Morgan fingerprint density at radius 3 is 2.59 bits per heavy atom. The largest absolute Gasteiger partial charge is 0.504 e. The molecule has 0 fully saturated rings. The maximum atomic E-state index is 11.7. The van der Waals surface area contributed by atoms with Gasteiger partial charge in [-0.15, -0.1) is 0 Å². The van der Waals surface area contributed by atoms with Crippen molar-refractivity contribution in [2.45, 2.75) is 58.4 Å². The topological polar surface area (TPSA) is 58.6 Å². The molecule has 4 nitrogen and oxygen atoms in total.